The highest BCUT2D eigenvalue weighted by Crippen LogP contribution is 2.29. The van der Waals surface area contributed by atoms with E-state index in [0.29, 0.717) is 11.3 Å². The minimum atomic E-state index is -0.479. The van der Waals surface area contributed by atoms with Crippen molar-refractivity contribution in [3.8, 4) is 0 Å². The van der Waals surface area contributed by atoms with Crippen molar-refractivity contribution in [1.82, 2.24) is 15.0 Å². The predicted octanol–water partition coefficient (Wildman–Crippen LogP) is 3.11. The third-order valence-corrected chi connectivity index (χ3v) is 3.29. The van der Waals surface area contributed by atoms with Crippen LogP contribution in [0.4, 0.5) is 10.1 Å². The van der Waals surface area contributed by atoms with Gasteiger partial charge < -0.3 is 10.3 Å². The predicted molar refractivity (Wildman–Crippen MR) is 75.9 cm³/mol. The lowest BCUT2D eigenvalue weighted by molar-refractivity contribution is 0.102. The van der Waals surface area contributed by atoms with Crippen molar-refractivity contribution in [2.24, 2.45) is 0 Å². The number of nitrogens with one attached hydrogen (secondary N) is 2. The highest BCUT2D eigenvalue weighted by atomic mass is 79.9. The number of amides is 1. The molecule has 3 aromatic rings. The van der Waals surface area contributed by atoms with Gasteiger partial charge in [0.05, 0.1) is 15.5 Å². The molecule has 0 aliphatic rings. The Morgan fingerprint density at radius 3 is 2.95 bits per heavy atom. The van der Waals surface area contributed by atoms with Gasteiger partial charge in [0.1, 0.15) is 11.3 Å². The van der Waals surface area contributed by atoms with Crippen LogP contribution < -0.4 is 5.32 Å². The van der Waals surface area contributed by atoms with Gasteiger partial charge in [-0.3, -0.25) is 9.78 Å². The number of rotatable bonds is 2. The number of aromatic nitrogens is 3. The maximum absolute atomic E-state index is 14.1. The Bertz CT molecular complexity index is 788. The van der Waals surface area contributed by atoms with Crippen molar-refractivity contribution in [2.45, 2.75) is 0 Å². The lowest BCUT2D eigenvalue weighted by Gasteiger charge is -2.03. The summed E-state index contributed by atoms with van der Waals surface area (Å²) in [6, 6.07) is 4.99. The van der Waals surface area contributed by atoms with E-state index in [1.807, 2.05) is 0 Å². The number of carbonyl (C=O) groups is 1. The van der Waals surface area contributed by atoms with E-state index >= 15 is 0 Å². The zero-order valence-electron chi connectivity index (χ0n) is 10.0. The fraction of sp³-hybridized carbons (Fsp3) is 0. The topological polar surface area (TPSA) is 70.7 Å². The molecule has 0 aromatic carbocycles. The second-order valence-corrected chi connectivity index (χ2v) is 4.87. The molecule has 0 unspecified atom stereocenters. The van der Waals surface area contributed by atoms with Gasteiger partial charge in [-0.15, -0.1) is 0 Å². The molecule has 0 fully saturated rings. The average molecular weight is 335 g/mol. The first-order chi connectivity index (χ1) is 9.66. The van der Waals surface area contributed by atoms with Gasteiger partial charge >= 0.3 is 0 Å². The molecule has 0 aliphatic heterocycles. The number of nitrogens with zero attached hydrogens (tertiary/aromatic N) is 2. The molecule has 0 saturated heterocycles. The summed E-state index contributed by atoms with van der Waals surface area (Å²) >= 11 is 3.07. The Morgan fingerprint density at radius 1 is 1.35 bits per heavy atom. The second-order valence-electron chi connectivity index (χ2n) is 4.02. The zero-order valence-corrected chi connectivity index (χ0v) is 11.6. The number of H-pyrrole nitrogens is 1. The molecule has 5 nitrogen and oxygen atoms in total. The molecule has 100 valence electrons. The average Bonchev–Trinajstić information content (AvgIpc) is 2.87. The number of aromatic amines is 1. The minimum absolute atomic E-state index is 0.226. The van der Waals surface area contributed by atoms with Crippen LogP contribution in [-0.2, 0) is 0 Å². The summed E-state index contributed by atoms with van der Waals surface area (Å²) in [5, 5.41) is 2.84. The number of hydrogen-bond donors (Lipinski definition) is 2. The summed E-state index contributed by atoms with van der Waals surface area (Å²) in [4.78, 5) is 22.8. The fourth-order valence-corrected chi connectivity index (χ4v) is 2.12. The first kappa shape index (κ1) is 12.7. The van der Waals surface area contributed by atoms with Crippen LogP contribution in [0.15, 0.2) is 41.3 Å². The van der Waals surface area contributed by atoms with Crippen molar-refractivity contribution in [1.29, 1.82) is 0 Å². The van der Waals surface area contributed by atoms with Crippen LogP contribution in [-0.4, -0.2) is 20.9 Å². The number of hydrogen-bond acceptors (Lipinski definition) is 3. The first-order valence-corrected chi connectivity index (χ1v) is 6.49. The van der Waals surface area contributed by atoms with Crippen LogP contribution in [0, 0.1) is 5.82 Å². The standard InChI is InChI=1S/C13H8BrFN4O/c14-7-5-17-12-10(11(7)15)9(6-18-12)19-13(20)8-3-1-2-4-16-8/h1-6H,(H,17,18)(H,19,20). The lowest BCUT2D eigenvalue weighted by Crippen LogP contribution is -2.13. The molecule has 0 bridgehead atoms. The smallest absolute Gasteiger partial charge is 0.274 e. The van der Waals surface area contributed by atoms with Crippen molar-refractivity contribution in [3.05, 3.63) is 52.8 Å². The number of pyridine rings is 2. The van der Waals surface area contributed by atoms with Crippen molar-refractivity contribution in [2.75, 3.05) is 5.32 Å². The molecule has 0 saturated carbocycles. The third-order valence-electron chi connectivity index (χ3n) is 2.74. The molecule has 3 rings (SSSR count). The number of carbonyl (C=O) groups excluding carboxylic acids is 1. The third kappa shape index (κ3) is 2.16. The van der Waals surface area contributed by atoms with Crippen molar-refractivity contribution in [3.63, 3.8) is 0 Å². The van der Waals surface area contributed by atoms with Crippen LogP contribution in [0.1, 0.15) is 10.5 Å². The molecule has 0 aliphatic carbocycles. The number of anilines is 1. The molecule has 1 amide bonds. The van der Waals surface area contributed by atoms with Crippen molar-refractivity contribution >= 4 is 38.6 Å². The Kier molecular flexibility index (Phi) is 3.19. The van der Waals surface area contributed by atoms with E-state index in [-0.39, 0.29) is 15.6 Å². The summed E-state index contributed by atoms with van der Waals surface area (Å²) in [5.41, 5.74) is 0.939. The Hall–Kier alpha value is -2.28. The summed E-state index contributed by atoms with van der Waals surface area (Å²) < 4.78 is 14.3. The molecule has 2 N–H and O–H groups in total. The van der Waals surface area contributed by atoms with Gasteiger partial charge in [-0.2, -0.15) is 0 Å². The molecule has 0 spiro atoms. The SMILES string of the molecule is O=C(Nc1c[nH]c2ncc(Br)c(F)c12)c1ccccn1. The molecule has 3 aromatic heterocycles. The number of halogens is 2. The lowest BCUT2D eigenvalue weighted by atomic mass is 10.2. The second kappa shape index (κ2) is 5.01. The highest BCUT2D eigenvalue weighted by Gasteiger charge is 2.15. The Morgan fingerprint density at radius 2 is 2.20 bits per heavy atom. The van der Waals surface area contributed by atoms with E-state index in [0.717, 1.165) is 0 Å². The Balaban J connectivity index is 2.00. The molecule has 0 atom stereocenters. The van der Waals surface area contributed by atoms with Crippen LogP contribution in [0.25, 0.3) is 11.0 Å². The monoisotopic (exact) mass is 334 g/mol. The zero-order chi connectivity index (χ0) is 14.1. The van der Waals surface area contributed by atoms with Crippen LogP contribution in [0.5, 0.6) is 0 Å². The highest BCUT2D eigenvalue weighted by molar-refractivity contribution is 9.10. The van der Waals surface area contributed by atoms with Crippen LogP contribution >= 0.6 is 15.9 Å². The maximum atomic E-state index is 14.1. The van der Waals surface area contributed by atoms with E-state index in [4.69, 9.17) is 0 Å². The minimum Gasteiger partial charge on any atom is -0.344 e. The van der Waals surface area contributed by atoms with Gasteiger partial charge in [-0.25, -0.2) is 9.37 Å². The summed E-state index contributed by atoms with van der Waals surface area (Å²) in [6.45, 7) is 0. The van der Waals surface area contributed by atoms with Crippen LogP contribution in [0.2, 0.25) is 0 Å². The largest absolute Gasteiger partial charge is 0.344 e. The maximum Gasteiger partial charge on any atom is 0.274 e. The van der Waals surface area contributed by atoms with E-state index in [1.54, 1.807) is 18.2 Å². The normalized spacial score (nSPS) is 10.7. The van der Waals surface area contributed by atoms with Gasteiger partial charge in [-0.1, -0.05) is 6.07 Å². The molecular weight excluding hydrogens is 327 g/mol. The quantitative estimate of drug-likeness (QED) is 0.756. The van der Waals surface area contributed by atoms with Crippen LogP contribution in [0.3, 0.4) is 0 Å². The van der Waals surface area contributed by atoms with Gasteiger partial charge in [0.15, 0.2) is 5.82 Å². The summed E-state index contributed by atoms with van der Waals surface area (Å²) in [7, 11) is 0. The van der Waals surface area contributed by atoms with E-state index in [1.165, 1.54) is 18.6 Å². The Labute approximate surface area is 121 Å². The molecule has 20 heavy (non-hydrogen) atoms. The van der Waals surface area contributed by atoms with Gasteiger partial charge in [0.25, 0.3) is 5.91 Å². The fourth-order valence-electron chi connectivity index (χ4n) is 1.82. The molecule has 3 heterocycles. The van der Waals surface area contributed by atoms with E-state index in [2.05, 4.69) is 36.2 Å². The summed E-state index contributed by atoms with van der Waals surface area (Å²) in [5.74, 6) is -0.890. The van der Waals surface area contributed by atoms with Gasteiger partial charge in [-0.05, 0) is 28.1 Å². The van der Waals surface area contributed by atoms with Gasteiger partial charge in [0, 0.05) is 18.6 Å². The van der Waals surface area contributed by atoms with E-state index < -0.39 is 11.7 Å². The molecule has 7 heteroatoms. The van der Waals surface area contributed by atoms with Crippen molar-refractivity contribution < 1.29 is 9.18 Å². The summed E-state index contributed by atoms with van der Waals surface area (Å²) in [6.07, 6.45) is 4.37. The molecule has 0 radical (unpaired) electrons. The van der Waals surface area contributed by atoms with Gasteiger partial charge in [0.2, 0.25) is 0 Å². The number of fused-ring (bicyclic) bond motifs is 1. The molecular formula is C13H8BrFN4O. The first-order valence-electron chi connectivity index (χ1n) is 5.70. The van der Waals surface area contributed by atoms with E-state index in [9.17, 15) is 9.18 Å².